The van der Waals surface area contributed by atoms with Gasteiger partial charge in [-0.25, -0.2) is 0 Å². The van der Waals surface area contributed by atoms with Crippen molar-refractivity contribution >= 4 is 25.8 Å². The third-order valence-corrected chi connectivity index (χ3v) is 12.4. The fourth-order valence-electron chi connectivity index (χ4n) is 4.48. The van der Waals surface area contributed by atoms with Crippen LogP contribution in [0.5, 0.6) is 0 Å². The van der Waals surface area contributed by atoms with Gasteiger partial charge in [-0.15, -0.1) is 0 Å². The molecule has 1 aromatic carbocycles. The topological polar surface area (TPSA) is 64.2 Å². The molecule has 0 heterocycles. The molecule has 0 amide bonds. The van der Waals surface area contributed by atoms with E-state index in [-0.39, 0.29) is 0 Å². The fraction of sp³-hybridized carbons (Fsp3) is 0.588. The van der Waals surface area contributed by atoms with Crippen molar-refractivity contribution in [3.05, 3.63) is 23.3 Å². The van der Waals surface area contributed by atoms with E-state index in [1.54, 1.807) is 6.07 Å². The lowest BCUT2D eigenvalue weighted by atomic mass is 9.77. The van der Waals surface area contributed by atoms with E-state index in [0.29, 0.717) is 27.6 Å². The highest BCUT2D eigenvalue weighted by Gasteiger charge is 2.47. The first-order valence-electron chi connectivity index (χ1n) is 8.02. The first-order chi connectivity index (χ1) is 10.1. The van der Waals surface area contributed by atoms with Crippen LogP contribution in [0.4, 0.5) is 0 Å². The van der Waals surface area contributed by atoms with Gasteiger partial charge in [-0.1, -0.05) is 59.2 Å². The molecule has 1 rings (SSSR count). The van der Waals surface area contributed by atoms with Crippen LogP contribution in [0.1, 0.15) is 52.7 Å². The minimum Gasteiger partial charge on any atom is -0.423 e. The summed E-state index contributed by atoms with van der Waals surface area (Å²) in [5.74, 6) is 0. The second-order valence-corrected chi connectivity index (χ2v) is 12.9. The van der Waals surface area contributed by atoms with Crippen LogP contribution in [0, 0.1) is 18.3 Å². The molecule has 0 aliphatic rings. The van der Waals surface area contributed by atoms with Gasteiger partial charge in [-0.3, -0.25) is 0 Å². The molecule has 5 heteroatoms. The summed E-state index contributed by atoms with van der Waals surface area (Å²) in [7, 11) is -3.64. The van der Waals surface area contributed by atoms with Gasteiger partial charge < -0.3 is 10.0 Å². The van der Waals surface area contributed by atoms with Crippen LogP contribution in [-0.2, 0) is 0 Å². The van der Waals surface area contributed by atoms with Crippen molar-refractivity contribution in [2.45, 2.75) is 65.1 Å². The van der Waals surface area contributed by atoms with Crippen molar-refractivity contribution in [3.8, 4) is 6.07 Å². The van der Waals surface area contributed by atoms with Crippen molar-refractivity contribution in [3.63, 3.8) is 0 Å². The van der Waals surface area contributed by atoms with E-state index in [4.69, 9.17) is 0 Å². The van der Waals surface area contributed by atoms with Gasteiger partial charge in [-0.2, -0.15) is 5.26 Å². The van der Waals surface area contributed by atoms with Gasteiger partial charge in [0, 0.05) is 0 Å². The van der Waals surface area contributed by atoms with Crippen molar-refractivity contribution in [1.82, 2.24) is 0 Å². The largest absolute Gasteiger partial charge is 0.489 e. The molecule has 3 nitrogen and oxygen atoms in total. The minimum atomic E-state index is -2.04. The standard InChI is InChI=1S/C17H28BNO2Si/c1-11(2)22(12(3)4,13(5)6)17-14(7)8-9-16(18(20)21)15(17)10-19/h8-9,11-13,20-21H,1-7H3. The highest BCUT2D eigenvalue weighted by Crippen LogP contribution is 2.42. The lowest BCUT2D eigenvalue weighted by Crippen LogP contribution is -2.59. The molecule has 2 N–H and O–H groups in total. The smallest absolute Gasteiger partial charge is 0.423 e. The molecule has 0 unspecified atom stereocenters. The molecule has 0 saturated carbocycles. The maximum atomic E-state index is 9.73. The summed E-state index contributed by atoms with van der Waals surface area (Å²) in [5, 5.41) is 30.1. The molecule has 22 heavy (non-hydrogen) atoms. The lowest BCUT2D eigenvalue weighted by molar-refractivity contribution is 0.425. The zero-order valence-corrected chi connectivity index (χ0v) is 15.8. The summed E-state index contributed by atoms with van der Waals surface area (Å²) >= 11 is 0. The Kier molecular flexibility index (Phi) is 6.03. The number of hydrogen-bond donors (Lipinski definition) is 2. The molecule has 0 fully saturated rings. The van der Waals surface area contributed by atoms with Crippen LogP contribution in [0.25, 0.3) is 0 Å². The highest BCUT2D eigenvalue weighted by molar-refractivity contribution is 6.96. The molecule has 120 valence electrons. The summed E-state index contributed by atoms with van der Waals surface area (Å²) in [6.07, 6.45) is 0. The summed E-state index contributed by atoms with van der Waals surface area (Å²) in [6, 6.07) is 5.87. The van der Waals surface area contributed by atoms with E-state index >= 15 is 0 Å². The second-order valence-electron chi connectivity index (χ2n) is 7.10. The molecule has 0 bridgehead atoms. The monoisotopic (exact) mass is 317 g/mol. The Morgan fingerprint density at radius 3 is 1.77 bits per heavy atom. The summed E-state index contributed by atoms with van der Waals surface area (Å²) < 4.78 is 0. The summed E-state index contributed by atoms with van der Waals surface area (Å²) in [5.41, 5.74) is 3.31. The Morgan fingerprint density at radius 2 is 1.45 bits per heavy atom. The molecule has 0 saturated heterocycles. The first kappa shape index (κ1) is 19.0. The second kappa shape index (κ2) is 6.99. The minimum absolute atomic E-state index is 0.335. The highest BCUT2D eigenvalue weighted by atomic mass is 28.3. The molecule has 0 spiro atoms. The molecule has 0 aromatic heterocycles. The number of nitriles is 1. The van der Waals surface area contributed by atoms with Crippen LogP contribution < -0.4 is 10.6 Å². The van der Waals surface area contributed by atoms with Gasteiger partial charge >= 0.3 is 7.12 Å². The molecule has 0 atom stereocenters. The van der Waals surface area contributed by atoms with Crippen LogP contribution in [-0.4, -0.2) is 25.2 Å². The zero-order valence-electron chi connectivity index (χ0n) is 14.8. The van der Waals surface area contributed by atoms with Gasteiger partial charge in [0.2, 0.25) is 0 Å². The number of benzene rings is 1. The Bertz CT molecular complexity index is 555. The van der Waals surface area contributed by atoms with Gasteiger partial charge in [0.05, 0.1) is 19.7 Å². The molecular weight excluding hydrogens is 289 g/mol. The van der Waals surface area contributed by atoms with E-state index in [1.807, 2.05) is 13.0 Å². The normalized spacial score (nSPS) is 12.1. The number of hydrogen-bond acceptors (Lipinski definition) is 3. The van der Waals surface area contributed by atoms with Crippen molar-refractivity contribution in [1.29, 1.82) is 5.26 Å². The fourth-order valence-corrected chi connectivity index (χ4v) is 11.6. The quantitative estimate of drug-likeness (QED) is 0.820. The zero-order chi connectivity index (χ0) is 17.2. The van der Waals surface area contributed by atoms with E-state index < -0.39 is 15.2 Å². The van der Waals surface area contributed by atoms with Crippen LogP contribution >= 0.6 is 0 Å². The average Bonchev–Trinajstić information content (AvgIpc) is 2.39. The van der Waals surface area contributed by atoms with E-state index in [1.165, 1.54) is 0 Å². The van der Waals surface area contributed by atoms with E-state index in [9.17, 15) is 15.3 Å². The Balaban J connectivity index is 3.92. The third-order valence-electron chi connectivity index (χ3n) is 5.13. The molecule has 0 radical (unpaired) electrons. The lowest BCUT2D eigenvalue weighted by Gasteiger charge is -2.45. The SMILES string of the molecule is Cc1ccc(B(O)O)c(C#N)c1[Si](C(C)C)(C(C)C)C(C)C. The number of nitrogens with zero attached hydrogens (tertiary/aromatic N) is 1. The van der Waals surface area contributed by atoms with E-state index in [2.05, 4.69) is 47.6 Å². The summed E-state index contributed by atoms with van der Waals surface area (Å²) in [4.78, 5) is 0. The Labute approximate surface area is 136 Å². The van der Waals surface area contributed by atoms with Gasteiger partial charge in [0.15, 0.2) is 0 Å². The molecule has 0 aliphatic heterocycles. The third kappa shape index (κ3) is 2.88. The van der Waals surface area contributed by atoms with Gasteiger partial charge in [-0.05, 0) is 34.2 Å². The van der Waals surface area contributed by atoms with Crippen LogP contribution in [0.15, 0.2) is 12.1 Å². The van der Waals surface area contributed by atoms with Crippen molar-refractivity contribution in [2.75, 3.05) is 0 Å². The van der Waals surface area contributed by atoms with Crippen molar-refractivity contribution in [2.24, 2.45) is 0 Å². The van der Waals surface area contributed by atoms with Crippen LogP contribution in [0.2, 0.25) is 16.6 Å². The maximum Gasteiger partial charge on any atom is 0.489 e. The van der Waals surface area contributed by atoms with Gasteiger partial charge in [0.1, 0.15) is 0 Å². The summed E-state index contributed by atoms with van der Waals surface area (Å²) in [6.45, 7) is 15.5. The van der Waals surface area contributed by atoms with E-state index in [0.717, 1.165) is 10.8 Å². The number of aryl methyl sites for hydroxylation is 1. The predicted molar refractivity (Wildman–Crippen MR) is 96.4 cm³/mol. The van der Waals surface area contributed by atoms with Crippen LogP contribution in [0.3, 0.4) is 0 Å². The molecule has 0 aliphatic carbocycles. The predicted octanol–water partition coefficient (Wildman–Crippen LogP) is 2.43. The average molecular weight is 317 g/mol. The van der Waals surface area contributed by atoms with Crippen molar-refractivity contribution < 1.29 is 10.0 Å². The maximum absolute atomic E-state index is 9.73. The molecular formula is C17H28BNO2Si. The molecule has 1 aromatic rings. The number of rotatable bonds is 5. The first-order valence-corrected chi connectivity index (χ1v) is 10.3. The van der Waals surface area contributed by atoms with Gasteiger partial charge in [0.25, 0.3) is 0 Å². The Hall–Kier alpha value is -1.09. The Morgan fingerprint density at radius 1 is 1.00 bits per heavy atom.